The molecule has 0 N–H and O–H groups in total. The third-order valence-electron chi connectivity index (χ3n) is 13.9. The number of ether oxygens (including phenoxy) is 3. The second-order valence-corrected chi connectivity index (χ2v) is 16.3. The molecule has 4 heteroatoms. The molecule has 212 valence electrons. The molecular formula is C33H56O4. The van der Waals surface area contributed by atoms with Gasteiger partial charge in [0, 0.05) is 24.9 Å². The Bertz CT molecular complexity index is 910. The van der Waals surface area contributed by atoms with Crippen molar-refractivity contribution in [2.24, 2.45) is 50.7 Å². The Morgan fingerprint density at radius 2 is 1.41 bits per heavy atom. The number of carbonyl (C=O) groups excluding carboxylic acids is 1. The third-order valence-corrected chi connectivity index (χ3v) is 13.9. The molecule has 0 unspecified atom stereocenters. The van der Waals surface area contributed by atoms with Gasteiger partial charge in [-0.2, -0.15) is 0 Å². The van der Waals surface area contributed by atoms with Crippen molar-refractivity contribution in [3.8, 4) is 0 Å². The van der Waals surface area contributed by atoms with Gasteiger partial charge in [-0.15, -0.1) is 0 Å². The van der Waals surface area contributed by atoms with E-state index in [4.69, 9.17) is 14.2 Å². The molecule has 1 saturated heterocycles. The maximum absolute atomic E-state index is 11.9. The fourth-order valence-corrected chi connectivity index (χ4v) is 11.7. The normalized spacial score (nSPS) is 52.5. The van der Waals surface area contributed by atoms with Crippen LogP contribution in [-0.2, 0) is 19.0 Å². The molecule has 5 fully saturated rings. The minimum atomic E-state index is -0.120. The molecular weight excluding hydrogens is 460 g/mol. The van der Waals surface area contributed by atoms with Crippen LogP contribution in [0.15, 0.2) is 0 Å². The predicted molar refractivity (Wildman–Crippen MR) is 148 cm³/mol. The first-order chi connectivity index (χ1) is 17.1. The van der Waals surface area contributed by atoms with E-state index in [0.717, 1.165) is 24.7 Å². The van der Waals surface area contributed by atoms with Gasteiger partial charge in [-0.1, -0.05) is 48.5 Å². The van der Waals surface area contributed by atoms with Crippen molar-refractivity contribution in [1.82, 2.24) is 0 Å². The van der Waals surface area contributed by atoms with Crippen LogP contribution in [0.5, 0.6) is 0 Å². The van der Waals surface area contributed by atoms with Gasteiger partial charge >= 0.3 is 5.97 Å². The van der Waals surface area contributed by atoms with Crippen molar-refractivity contribution in [3.05, 3.63) is 0 Å². The lowest BCUT2D eigenvalue weighted by Gasteiger charge is -2.70. The van der Waals surface area contributed by atoms with Crippen LogP contribution in [0.25, 0.3) is 0 Å². The Hall–Kier alpha value is -0.610. The highest BCUT2D eigenvalue weighted by Gasteiger charge is 2.70. The van der Waals surface area contributed by atoms with Gasteiger partial charge in [0.05, 0.1) is 5.60 Å². The summed E-state index contributed by atoms with van der Waals surface area (Å²) >= 11 is 0. The number of hydrogen-bond acceptors (Lipinski definition) is 4. The van der Waals surface area contributed by atoms with Crippen LogP contribution in [0, 0.1) is 50.7 Å². The second kappa shape index (κ2) is 8.69. The average molecular weight is 517 g/mol. The highest BCUT2D eigenvalue weighted by Crippen LogP contribution is 2.76. The maximum atomic E-state index is 11.9. The SMILES string of the molecule is CO[C@H]1O[C@](C)([C@H]2CC[C@]3(C)[C@@H]2CC[C@@H]2[C@@]4(C)CC[C@@H](OC(C)=O)C(C)(C)[C@@H]4CC[C@]23C)CCC1(C)C. The Labute approximate surface area is 227 Å². The Morgan fingerprint density at radius 3 is 2.05 bits per heavy atom. The number of methoxy groups -OCH3 is 1. The molecule has 0 spiro atoms. The molecule has 0 aromatic heterocycles. The highest BCUT2D eigenvalue weighted by atomic mass is 16.7. The number of esters is 1. The lowest BCUT2D eigenvalue weighted by atomic mass is 9.35. The van der Waals surface area contributed by atoms with Gasteiger partial charge in [-0.05, 0) is 111 Å². The summed E-state index contributed by atoms with van der Waals surface area (Å²) in [6.07, 6.45) is 12.3. The monoisotopic (exact) mass is 516 g/mol. The van der Waals surface area contributed by atoms with Gasteiger partial charge < -0.3 is 14.2 Å². The fraction of sp³-hybridized carbons (Fsp3) is 0.970. The van der Waals surface area contributed by atoms with Crippen LogP contribution in [0.2, 0.25) is 0 Å². The van der Waals surface area contributed by atoms with Crippen molar-refractivity contribution in [2.75, 3.05) is 7.11 Å². The summed E-state index contributed by atoms with van der Waals surface area (Å²) in [5.41, 5.74) is 1.03. The molecule has 4 saturated carbocycles. The van der Waals surface area contributed by atoms with E-state index in [0.29, 0.717) is 28.1 Å². The first-order valence-electron chi connectivity index (χ1n) is 15.4. The molecule has 0 bridgehead atoms. The van der Waals surface area contributed by atoms with Crippen LogP contribution in [0.1, 0.15) is 127 Å². The average Bonchev–Trinajstić information content (AvgIpc) is 3.16. The second-order valence-electron chi connectivity index (χ2n) is 16.3. The summed E-state index contributed by atoms with van der Waals surface area (Å²) in [6.45, 7) is 21.3. The summed E-state index contributed by atoms with van der Waals surface area (Å²) in [5, 5.41) is 0. The summed E-state index contributed by atoms with van der Waals surface area (Å²) in [5.74, 6) is 2.57. The molecule has 5 aliphatic rings. The zero-order valence-electron chi connectivity index (χ0n) is 25.7. The van der Waals surface area contributed by atoms with E-state index in [1.165, 1.54) is 51.4 Å². The number of hydrogen-bond donors (Lipinski definition) is 0. The molecule has 37 heavy (non-hydrogen) atoms. The van der Waals surface area contributed by atoms with Crippen molar-refractivity contribution >= 4 is 5.97 Å². The van der Waals surface area contributed by atoms with Crippen LogP contribution < -0.4 is 0 Å². The van der Waals surface area contributed by atoms with Gasteiger partial charge in [0.1, 0.15) is 6.10 Å². The van der Waals surface area contributed by atoms with Crippen LogP contribution in [0.3, 0.4) is 0 Å². The van der Waals surface area contributed by atoms with E-state index < -0.39 is 0 Å². The fourth-order valence-electron chi connectivity index (χ4n) is 11.7. The smallest absolute Gasteiger partial charge is 0.302 e. The first-order valence-corrected chi connectivity index (χ1v) is 15.4. The van der Waals surface area contributed by atoms with E-state index in [-0.39, 0.29) is 34.8 Å². The van der Waals surface area contributed by atoms with Gasteiger partial charge in [0.25, 0.3) is 0 Å². The molecule has 0 aromatic rings. The van der Waals surface area contributed by atoms with Crippen molar-refractivity contribution in [1.29, 1.82) is 0 Å². The molecule has 4 aliphatic carbocycles. The van der Waals surface area contributed by atoms with Crippen LogP contribution in [-0.4, -0.2) is 31.1 Å². The van der Waals surface area contributed by atoms with Crippen molar-refractivity contribution < 1.29 is 19.0 Å². The van der Waals surface area contributed by atoms with E-state index in [1.807, 2.05) is 7.11 Å². The van der Waals surface area contributed by atoms with E-state index in [9.17, 15) is 4.79 Å². The topological polar surface area (TPSA) is 44.8 Å². The van der Waals surface area contributed by atoms with Crippen molar-refractivity contribution in [2.45, 2.75) is 145 Å². The molecule has 5 rings (SSSR count). The highest BCUT2D eigenvalue weighted by molar-refractivity contribution is 5.66. The molecule has 1 heterocycles. The zero-order chi connectivity index (χ0) is 27.2. The molecule has 1 aliphatic heterocycles. The third kappa shape index (κ3) is 3.84. The molecule has 4 nitrogen and oxygen atoms in total. The summed E-state index contributed by atoms with van der Waals surface area (Å²) in [4.78, 5) is 11.9. The van der Waals surface area contributed by atoms with Gasteiger partial charge in [-0.25, -0.2) is 0 Å². The summed E-state index contributed by atoms with van der Waals surface area (Å²) in [6, 6.07) is 0. The minimum Gasteiger partial charge on any atom is -0.462 e. The summed E-state index contributed by atoms with van der Waals surface area (Å²) < 4.78 is 18.7. The minimum absolute atomic E-state index is 0.0291. The lowest BCUT2D eigenvalue weighted by Crippen LogP contribution is -2.64. The van der Waals surface area contributed by atoms with Crippen LogP contribution in [0.4, 0.5) is 0 Å². The number of carbonyl (C=O) groups is 1. The van der Waals surface area contributed by atoms with E-state index in [1.54, 1.807) is 6.92 Å². The largest absolute Gasteiger partial charge is 0.462 e. The predicted octanol–water partition coefficient (Wildman–Crippen LogP) is 8.17. The Kier molecular flexibility index (Phi) is 6.56. The Morgan fingerprint density at radius 1 is 0.730 bits per heavy atom. The zero-order valence-corrected chi connectivity index (χ0v) is 25.7. The number of fused-ring (bicyclic) bond motifs is 5. The van der Waals surface area contributed by atoms with Gasteiger partial charge in [0.2, 0.25) is 0 Å². The first kappa shape index (κ1) is 27.9. The molecule has 0 radical (unpaired) electrons. The van der Waals surface area contributed by atoms with E-state index >= 15 is 0 Å². The molecule has 10 atom stereocenters. The Balaban J connectivity index is 1.42. The van der Waals surface area contributed by atoms with Gasteiger partial charge in [0.15, 0.2) is 6.29 Å². The molecule has 0 aromatic carbocycles. The van der Waals surface area contributed by atoms with Crippen LogP contribution >= 0.6 is 0 Å². The van der Waals surface area contributed by atoms with E-state index in [2.05, 4.69) is 55.4 Å². The standard InChI is InChI=1S/C33H56O4/c1-21(34)36-26-15-16-30(6)24(29(26,4)5)14-18-32(8)25(30)12-11-22-23(13-17-31(22,32)7)33(9)20-19-28(2,3)27(35-10)37-33/h22-27H,11-20H2,1-10H3/t22-,23+,24+,25-,26-,27+,30+,31-,32-,33+/m1/s1. The van der Waals surface area contributed by atoms with Crippen molar-refractivity contribution in [3.63, 3.8) is 0 Å². The lowest BCUT2D eigenvalue weighted by molar-refractivity contribution is -0.292. The quantitative estimate of drug-likeness (QED) is 0.355. The van der Waals surface area contributed by atoms with Gasteiger partial charge in [-0.3, -0.25) is 4.79 Å². The maximum Gasteiger partial charge on any atom is 0.302 e. The molecule has 0 amide bonds. The number of rotatable bonds is 3. The summed E-state index contributed by atoms with van der Waals surface area (Å²) in [7, 11) is 1.82.